The van der Waals surface area contributed by atoms with E-state index in [0.717, 1.165) is 12.1 Å². The Labute approximate surface area is 143 Å². The first-order chi connectivity index (χ1) is 11.7. The molecule has 1 aromatic carbocycles. The van der Waals surface area contributed by atoms with E-state index in [1.807, 2.05) is 0 Å². The molecule has 0 fully saturated rings. The molecule has 0 spiro atoms. The zero-order valence-electron chi connectivity index (χ0n) is 13.0. The van der Waals surface area contributed by atoms with Gasteiger partial charge in [-0.3, -0.25) is 9.36 Å². The van der Waals surface area contributed by atoms with E-state index in [-0.39, 0.29) is 11.3 Å². The summed E-state index contributed by atoms with van der Waals surface area (Å²) in [7, 11) is 1.33. The number of nitrogens with zero attached hydrogens (tertiary/aromatic N) is 1. The molecule has 9 heteroatoms. The number of aromatic nitrogens is 1. The number of halogens is 4. The Kier molecular flexibility index (Phi) is 4.19. The molecule has 2 aromatic heterocycles. The van der Waals surface area contributed by atoms with Gasteiger partial charge in [0.15, 0.2) is 16.6 Å². The Morgan fingerprint density at radius 1 is 1.20 bits per heavy atom. The van der Waals surface area contributed by atoms with Crippen molar-refractivity contribution < 1.29 is 31.8 Å². The third kappa shape index (κ3) is 3.32. The molecule has 0 aliphatic rings. The van der Waals surface area contributed by atoms with Crippen LogP contribution in [0.25, 0.3) is 10.9 Å². The molecule has 0 bridgehead atoms. The van der Waals surface area contributed by atoms with Crippen molar-refractivity contribution in [2.24, 2.45) is 0 Å². The number of hydrogen-bond acceptors (Lipinski definition) is 4. The van der Waals surface area contributed by atoms with Gasteiger partial charge in [0.25, 0.3) is 5.91 Å². The monoisotopic (exact) mass is 373 g/mol. The zero-order valence-corrected chi connectivity index (χ0v) is 13.8. The Morgan fingerprint density at radius 2 is 1.92 bits per heavy atom. The van der Waals surface area contributed by atoms with Crippen LogP contribution >= 0.6 is 11.3 Å². The van der Waals surface area contributed by atoms with Crippen molar-refractivity contribution in [3.05, 3.63) is 46.7 Å². The van der Waals surface area contributed by atoms with Crippen LogP contribution in [0.2, 0.25) is 0 Å². The highest BCUT2D eigenvalue weighted by molar-refractivity contribution is 7.12. The maximum absolute atomic E-state index is 14.0. The minimum absolute atomic E-state index is 0.0149. The highest BCUT2D eigenvalue weighted by Crippen LogP contribution is 2.32. The summed E-state index contributed by atoms with van der Waals surface area (Å²) in [6, 6.07) is 5.27. The molecule has 0 saturated heterocycles. The molecule has 0 amide bonds. The van der Waals surface area contributed by atoms with Crippen molar-refractivity contribution >= 4 is 28.1 Å². The Morgan fingerprint density at radius 3 is 2.56 bits per heavy atom. The lowest BCUT2D eigenvalue weighted by Crippen LogP contribution is -2.16. The maximum Gasteiger partial charge on any atom is 0.573 e. The Hall–Kier alpha value is -2.55. The average molecular weight is 373 g/mol. The number of aryl methyl sites for hydroxylation is 1. The minimum Gasteiger partial charge on any atom is -0.494 e. The van der Waals surface area contributed by atoms with Crippen molar-refractivity contribution in [1.29, 1.82) is 0 Å². The number of ether oxygens (including phenoxy) is 2. The number of fused-ring (bicyclic) bond motifs is 1. The molecule has 132 valence electrons. The fraction of sp³-hybridized carbons (Fsp3) is 0.188. The maximum atomic E-state index is 14.0. The van der Waals surface area contributed by atoms with Crippen LogP contribution < -0.4 is 9.47 Å². The van der Waals surface area contributed by atoms with Crippen LogP contribution in [0.4, 0.5) is 17.6 Å². The molecule has 0 unspecified atom stereocenters. The van der Waals surface area contributed by atoms with Gasteiger partial charge < -0.3 is 9.47 Å². The number of carbonyl (C=O) groups excluding carboxylic acids is 1. The van der Waals surface area contributed by atoms with Gasteiger partial charge >= 0.3 is 6.36 Å². The lowest BCUT2D eigenvalue weighted by atomic mass is 10.2. The molecule has 25 heavy (non-hydrogen) atoms. The normalized spacial score (nSPS) is 11.8. The van der Waals surface area contributed by atoms with Gasteiger partial charge in [-0.1, -0.05) is 0 Å². The number of benzene rings is 1. The summed E-state index contributed by atoms with van der Waals surface area (Å²) in [6.45, 7) is 1.64. The molecule has 3 aromatic rings. The van der Waals surface area contributed by atoms with Gasteiger partial charge in [0.2, 0.25) is 0 Å². The Bertz CT molecular complexity index is 958. The lowest BCUT2D eigenvalue weighted by molar-refractivity contribution is -0.273. The van der Waals surface area contributed by atoms with E-state index in [9.17, 15) is 22.4 Å². The molecule has 0 atom stereocenters. The fourth-order valence-electron chi connectivity index (χ4n) is 2.50. The largest absolute Gasteiger partial charge is 0.573 e. The average Bonchev–Trinajstić information content (AvgIpc) is 3.07. The van der Waals surface area contributed by atoms with E-state index >= 15 is 0 Å². The summed E-state index contributed by atoms with van der Waals surface area (Å²) in [6.07, 6.45) is -4.83. The van der Waals surface area contributed by atoms with Crippen molar-refractivity contribution in [2.75, 3.05) is 7.11 Å². The van der Waals surface area contributed by atoms with Gasteiger partial charge in [0, 0.05) is 28.6 Å². The third-order valence-electron chi connectivity index (χ3n) is 3.50. The highest BCUT2D eigenvalue weighted by Gasteiger charge is 2.32. The standard InChI is InChI=1S/C16H11F4NO3S/c1-8-3-9-4-13(23-2)11(17)6-12(9)21(8)15(22)10-5-14(25-7-10)24-16(18,19)20/h3-7H,1-2H3. The van der Waals surface area contributed by atoms with Gasteiger partial charge in [-0.05, 0) is 19.1 Å². The SMILES string of the molecule is COc1cc2cc(C)n(C(=O)c3csc(OC(F)(F)F)c3)c2cc1F. The molecule has 0 N–H and O–H groups in total. The van der Waals surface area contributed by atoms with Crippen molar-refractivity contribution in [3.63, 3.8) is 0 Å². The quantitative estimate of drug-likeness (QED) is 0.623. The number of thiophene rings is 1. The van der Waals surface area contributed by atoms with Crippen LogP contribution in [0.15, 0.2) is 29.6 Å². The van der Waals surface area contributed by atoms with Crippen molar-refractivity contribution in [1.82, 2.24) is 4.57 Å². The summed E-state index contributed by atoms with van der Waals surface area (Å²) < 4.78 is 60.7. The second-order valence-electron chi connectivity index (χ2n) is 5.17. The van der Waals surface area contributed by atoms with E-state index in [4.69, 9.17) is 4.74 Å². The molecule has 3 rings (SSSR count). The van der Waals surface area contributed by atoms with E-state index in [1.165, 1.54) is 23.1 Å². The smallest absolute Gasteiger partial charge is 0.494 e. The van der Waals surface area contributed by atoms with Crippen molar-refractivity contribution in [3.8, 4) is 10.8 Å². The predicted molar refractivity (Wildman–Crippen MR) is 83.9 cm³/mol. The number of hydrogen-bond donors (Lipinski definition) is 0. The van der Waals surface area contributed by atoms with Crippen molar-refractivity contribution in [2.45, 2.75) is 13.3 Å². The van der Waals surface area contributed by atoms with Crippen LogP contribution in [0.1, 0.15) is 16.1 Å². The van der Waals surface area contributed by atoms with Crippen LogP contribution in [0, 0.1) is 12.7 Å². The summed E-state index contributed by atoms with van der Waals surface area (Å²) in [5.41, 5.74) is 0.823. The molecule has 2 heterocycles. The molecule has 0 saturated carbocycles. The second-order valence-corrected chi connectivity index (χ2v) is 6.05. The molecule has 0 radical (unpaired) electrons. The lowest BCUT2D eigenvalue weighted by Gasteiger charge is -2.07. The zero-order chi connectivity index (χ0) is 18.4. The topological polar surface area (TPSA) is 40.5 Å². The van der Waals surface area contributed by atoms with Gasteiger partial charge in [-0.15, -0.1) is 24.5 Å². The molecular formula is C16H11F4NO3S. The third-order valence-corrected chi connectivity index (χ3v) is 4.31. The van der Waals surface area contributed by atoms with E-state index in [2.05, 4.69) is 4.74 Å². The first-order valence-electron chi connectivity index (χ1n) is 6.94. The molecule has 0 aliphatic carbocycles. The van der Waals surface area contributed by atoms with E-state index in [1.54, 1.807) is 13.0 Å². The van der Waals surface area contributed by atoms with Gasteiger partial charge in [0.05, 0.1) is 18.2 Å². The first kappa shape index (κ1) is 17.3. The van der Waals surface area contributed by atoms with Crippen LogP contribution in [-0.4, -0.2) is 23.9 Å². The van der Waals surface area contributed by atoms with E-state index in [0.29, 0.717) is 27.9 Å². The van der Waals surface area contributed by atoms with Gasteiger partial charge in [-0.25, -0.2) is 4.39 Å². The number of carbonyl (C=O) groups is 1. The van der Waals surface area contributed by atoms with Crippen LogP contribution in [0.3, 0.4) is 0 Å². The molecular weight excluding hydrogens is 362 g/mol. The minimum atomic E-state index is -4.83. The first-order valence-corrected chi connectivity index (χ1v) is 7.82. The number of rotatable bonds is 3. The Balaban J connectivity index is 2.03. The molecule has 0 aliphatic heterocycles. The summed E-state index contributed by atoms with van der Waals surface area (Å²) in [5.74, 6) is -1.19. The van der Waals surface area contributed by atoms with Crippen LogP contribution in [-0.2, 0) is 0 Å². The fourth-order valence-corrected chi connectivity index (χ4v) is 3.25. The number of methoxy groups -OCH3 is 1. The molecule has 4 nitrogen and oxygen atoms in total. The summed E-state index contributed by atoms with van der Waals surface area (Å²) >= 11 is 0.652. The van der Waals surface area contributed by atoms with E-state index < -0.39 is 23.1 Å². The number of alkyl halides is 3. The highest BCUT2D eigenvalue weighted by atomic mass is 32.1. The summed E-state index contributed by atoms with van der Waals surface area (Å²) in [5, 5.41) is 1.39. The summed E-state index contributed by atoms with van der Waals surface area (Å²) in [4.78, 5) is 12.7. The van der Waals surface area contributed by atoms with Gasteiger partial charge in [-0.2, -0.15) is 0 Å². The van der Waals surface area contributed by atoms with Crippen LogP contribution in [0.5, 0.6) is 10.8 Å². The predicted octanol–water partition coefficient (Wildman–Crippen LogP) is 4.75. The second kappa shape index (κ2) is 6.07. The van der Waals surface area contributed by atoms with Gasteiger partial charge in [0.1, 0.15) is 0 Å².